The van der Waals surface area contributed by atoms with Gasteiger partial charge in [-0.05, 0) is 63.4 Å². The predicted octanol–water partition coefficient (Wildman–Crippen LogP) is 2.61. The van der Waals surface area contributed by atoms with Gasteiger partial charge in [-0.3, -0.25) is 9.59 Å². The van der Waals surface area contributed by atoms with E-state index in [2.05, 4.69) is 17.3 Å². The number of aromatic nitrogens is 1. The van der Waals surface area contributed by atoms with Crippen molar-refractivity contribution in [2.24, 2.45) is 0 Å². The highest BCUT2D eigenvalue weighted by Gasteiger charge is 2.21. The van der Waals surface area contributed by atoms with Gasteiger partial charge in [0, 0.05) is 25.3 Å². The summed E-state index contributed by atoms with van der Waals surface area (Å²) in [6.07, 6.45) is 5.88. The molecule has 0 saturated carbocycles. The van der Waals surface area contributed by atoms with Crippen LogP contribution in [0.3, 0.4) is 0 Å². The SMILES string of the molecule is Cc1ccn(CCc2ccccc2)c(=O)c1C(=O)NCCC1CCCN1C. The zero-order valence-electron chi connectivity index (χ0n) is 16.3. The van der Waals surface area contributed by atoms with Crippen LogP contribution in [-0.4, -0.2) is 41.6 Å². The van der Waals surface area contributed by atoms with Crippen LogP contribution in [0.4, 0.5) is 0 Å². The van der Waals surface area contributed by atoms with Crippen LogP contribution in [0.2, 0.25) is 0 Å². The third kappa shape index (κ3) is 4.86. The number of rotatable bonds is 7. The number of carbonyl (C=O) groups is 1. The van der Waals surface area contributed by atoms with Crippen molar-refractivity contribution < 1.29 is 4.79 Å². The Bertz CT molecular complexity index is 829. The van der Waals surface area contributed by atoms with Gasteiger partial charge >= 0.3 is 0 Å². The van der Waals surface area contributed by atoms with Crippen LogP contribution in [-0.2, 0) is 13.0 Å². The number of hydrogen-bond acceptors (Lipinski definition) is 3. The number of likely N-dealkylation sites (tertiary alicyclic amines) is 1. The van der Waals surface area contributed by atoms with E-state index in [-0.39, 0.29) is 17.0 Å². The first-order valence-corrected chi connectivity index (χ1v) is 9.78. The summed E-state index contributed by atoms with van der Waals surface area (Å²) in [7, 11) is 2.13. The lowest BCUT2D eigenvalue weighted by atomic mass is 10.1. The Morgan fingerprint density at radius 1 is 1.22 bits per heavy atom. The molecule has 5 heteroatoms. The third-order valence-electron chi connectivity index (χ3n) is 5.52. The summed E-state index contributed by atoms with van der Waals surface area (Å²) >= 11 is 0. The molecule has 27 heavy (non-hydrogen) atoms. The maximum atomic E-state index is 12.8. The molecule has 1 atom stereocenters. The van der Waals surface area contributed by atoms with Crippen molar-refractivity contribution in [3.8, 4) is 0 Å². The molecule has 0 radical (unpaired) electrons. The highest BCUT2D eigenvalue weighted by Crippen LogP contribution is 2.17. The first kappa shape index (κ1) is 19.4. The lowest BCUT2D eigenvalue weighted by Gasteiger charge is -2.19. The minimum absolute atomic E-state index is 0.207. The second-order valence-electron chi connectivity index (χ2n) is 7.43. The first-order valence-electron chi connectivity index (χ1n) is 9.78. The van der Waals surface area contributed by atoms with Gasteiger partial charge < -0.3 is 14.8 Å². The van der Waals surface area contributed by atoms with Gasteiger partial charge in [-0.15, -0.1) is 0 Å². The number of pyridine rings is 1. The van der Waals surface area contributed by atoms with E-state index in [1.54, 1.807) is 10.8 Å². The second kappa shape index (κ2) is 9.00. The van der Waals surface area contributed by atoms with Crippen LogP contribution in [0.15, 0.2) is 47.4 Å². The summed E-state index contributed by atoms with van der Waals surface area (Å²) in [5, 5.41) is 2.95. The van der Waals surface area contributed by atoms with Crippen LogP contribution in [0.25, 0.3) is 0 Å². The number of aryl methyl sites for hydroxylation is 3. The number of benzene rings is 1. The van der Waals surface area contributed by atoms with E-state index in [9.17, 15) is 9.59 Å². The first-order chi connectivity index (χ1) is 13.1. The molecule has 144 valence electrons. The van der Waals surface area contributed by atoms with Crippen molar-refractivity contribution in [3.63, 3.8) is 0 Å². The van der Waals surface area contributed by atoms with E-state index in [1.807, 2.05) is 43.3 Å². The molecule has 1 amide bonds. The van der Waals surface area contributed by atoms with Crippen molar-refractivity contribution >= 4 is 5.91 Å². The molecule has 1 unspecified atom stereocenters. The van der Waals surface area contributed by atoms with Gasteiger partial charge in [-0.25, -0.2) is 0 Å². The molecular formula is C22H29N3O2. The normalized spacial score (nSPS) is 17.2. The summed E-state index contributed by atoms with van der Waals surface area (Å²) in [6, 6.07) is 12.4. The van der Waals surface area contributed by atoms with E-state index >= 15 is 0 Å². The fraction of sp³-hybridized carbons (Fsp3) is 0.455. The minimum atomic E-state index is -0.257. The van der Waals surface area contributed by atoms with Gasteiger partial charge in [0.1, 0.15) is 5.56 Å². The number of nitrogens with zero attached hydrogens (tertiary/aromatic N) is 2. The quantitative estimate of drug-likeness (QED) is 0.818. The maximum absolute atomic E-state index is 12.8. The standard InChI is InChI=1S/C22H29N3O2/c1-17-11-15-25(16-12-18-7-4-3-5-8-18)22(27)20(17)21(26)23-13-10-19-9-6-14-24(19)2/h3-5,7-8,11,15,19H,6,9-10,12-14,16H2,1-2H3,(H,23,26). The number of amides is 1. The molecule has 0 spiro atoms. The Kier molecular flexibility index (Phi) is 6.45. The van der Waals surface area contributed by atoms with Crippen LogP contribution < -0.4 is 10.9 Å². The molecule has 2 heterocycles. The van der Waals surface area contributed by atoms with Crippen molar-refractivity contribution in [2.75, 3.05) is 20.1 Å². The fourth-order valence-electron chi connectivity index (χ4n) is 3.80. The van der Waals surface area contributed by atoms with Gasteiger partial charge in [0.25, 0.3) is 11.5 Å². The Balaban J connectivity index is 1.63. The van der Waals surface area contributed by atoms with Crippen LogP contribution >= 0.6 is 0 Å². The van der Waals surface area contributed by atoms with Gasteiger partial charge in [0.2, 0.25) is 0 Å². The Morgan fingerprint density at radius 3 is 2.70 bits per heavy atom. The molecule has 1 aromatic heterocycles. The van der Waals surface area contributed by atoms with E-state index in [4.69, 9.17) is 0 Å². The third-order valence-corrected chi connectivity index (χ3v) is 5.52. The van der Waals surface area contributed by atoms with Crippen molar-refractivity contribution in [1.82, 2.24) is 14.8 Å². The van der Waals surface area contributed by atoms with Crippen LogP contribution in [0.1, 0.15) is 40.7 Å². The number of carbonyl (C=O) groups excluding carboxylic acids is 1. The highest BCUT2D eigenvalue weighted by molar-refractivity contribution is 5.95. The van der Waals surface area contributed by atoms with Crippen molar-refractivity contribution in [3.05, 3.63) is 69.6 Å². The van der Waals surface area contributed by atoms with Gasteiger partial charge in [0.05, 0.1) is 0 Å². The highest BCUT2D eigenvalue weighted by atomic mass is 16.2. The average molecular weight is 367 g/mol. The molecule has 3 rings (SSSR count). The van der Waals surface area contributed by atoms with Crippen molar-refractivity contribution in [1.29, 1.82) is 0 Å². The van der Waals surface area contributed by atoms with E-state index in [1.165, 1.54) is 18.4 Å². The predicted molar refractivity (Wildman–Crippen MR) is 108 cm³/mol. The number of hydrogen-bond donors (Lipinski definition) is 1. The summed E-state index contributed by atoms with van der Waals surface area (Å²) in [4.78, 5) is 27.8. The molecule has 1 fully saturated rings. The van der Waals surface area contributed by atoms with Crippen molar-refractivity contribution in [2.45, 2.75) is 45.2 Å². The fourth-order valence-corrected chi connectivity index (χ4v) is 3.80. The lowest BCUT2D eigenvalue weighted by molar-refractivity contribution is 0.0947. The van der Waals surface area contributed by atoms with Gasteiger partial charge in [-0.2, -0.15) is 0 Å². The summed E-state index contributed by atoms with van der Waals surface area (Å²) in [5.41, 5.74) is 1.97. The molecule has 1 saturated heterocycles. The molecule has 1 aliphatic rings. The number of nitrogens with one attached hydrogen (secondary N) is 1. The molecule has 1 N–H and O–H groups in total. The van der Waals surface area contributed by atoms with Crippen LogP contribution in [0.5, 0.6) is 0 Å². The van der Waals surface area contributed by atoms with Gasteiger partial charge in [0.15, 0.2) is 0 Å². The topological polar surface area (TPSA) is 54.3 Å². The zero-order chi connectivity index (χ0) is 19.2. The molecule has 5 nitrogen and oxygen atoms in total. The zero-order valence-corrected chi connectivity index (χ0v) is 16.3. The summed E-state index contributed by atoms with van der Waals surface area (Å²) in [5.74, 6) is -0.257. The molecule has 1 aliphatic heterocycles. The average Bonchev–Trinajstić information content (AvgIpc) is 3.07. The molecule has 0 bridgehead atoms. The monoisotopic (exact) mass is 367 g/mol. The minimum Gasteiger partial charge on any atom is -0.352 e. The van der Waals surface area contributed by atoms with Gasteiger partial charge in [-0.1, -0.05) is 30.3 Å². The molecule has 0 aliphatic carbocycles. The molecular weight excluding hydrogens is 338 g/mol. The molecule has 2 aromatic rings. The second-order valence-corrected chi connectivity index (χ2v) is 7.43. The molecule has 1 aromatic carbocycles. The Hall–Kier alpha value is -2.40. The lowest BCUT2D eigenvalue weighted by Crippen LogP contribution is -2.36. The van der Waals surface area contributed by atoms with E-state index < -0.39 is 0 Å². The summed E-state index contributed by atoms with van der Waals surface area (Å²) in [6.45, 7) is 4.12. The Labute approximate surface area is 161 Å². The largest absolute Gasteiger partial charge is 0.352 e. The van der Waals surface area contributed by atoms with Crippen LogP contribution in [0, 0.1) is 6.92 Å². The smallest absolute Gasteiger partial charge is 0.263 e. The van der Waals surface area contributed by atoms with E-state index in [0.29, 0.717) is 19.1 Å². The van der Waals surface area contributed by atoms with E-state index in [0.717, 1.165) is 24.9 Å². The summed E-state index contributed by atoms with van der Waals surface area (Å²) < 4.78 is 1.64. The maximum Gasteiger partial charge on any atom is 0.263 e. The Morgan fingerprint density at radius 2 is 2.00 bits per heavy atom.